The van der Waals surface area contributed by atoms with Gasteiger partial charge in [0, 0.05) is 6.04 Å². The van der Waals surface area contributed by atoms with E-state index < -0.39 is 15.9 Å². The lowest BCUT2D eigenvalue weighted by Gasteiger charge is -2.26. The Kier molecular flexibility index (Phi) is 7.28. The standard InChI is InChI=1S/C20H26N2O5S/c1-5-15(2)21-20(23)14-22(18-8-6-7-9-19(18)27-4)28(24,25)17-12-10-16(26-3)11-13-17/h6-13,15H,5,14H2,1-4H3,(H,21,23)/t15-/m1/s1. The molecule has 0 saturated heterocycles. The quantitative estimate of drug-likeness (QED) is 0.692. The summed E-state index contributed by atoms with van der Waals surface area (Å²) in [6.45, 7) is 3.44. The number of para-hydroxylation sites is 2. The number of ether oxygens (including phenoxy) is 2. The van der Waals surface area contributed by atoms with Crippen LogP contribution in [0.25, 0.3) is 0 Å². The molecule has 0 saturated carbocycles. The van der Waals surface area contributed by atoms with Crippen LogP contribution >= 0.6 is 0 Å². The highest BCUT2D eigenvalue weighted by Gasteiger charge is 2.29. The minimum absolute atomic E-state index is 0.0514. The summed E-state index contributed by atoms with van der Waals surface area (Å²) >= 11 is 0. The van der Waals surface area contributed by atoms with Gasteiger partial charge in [0.25, 0.3) is 10.0 Å². The van der Waals surface area contributed by atoms with Crippen LogP contribution in [0.1, 0.15) is 20.3 Å². The Bertz CT molecular complexity index is 897. The second-order valence-electron chi connectivity index (χ2n) is 6.24. The molecule has 2 aromatic carbocycles. The number of sulfonamides is 1. The number of carbonyl (C=O) groups is 1. The molecule has 0 heterocycles. The van der Waals surface area contributed by atoms with Crippen molar-refractivity contribution in [2.45, 2.75) is 31.2 Å². The number of hydrogen-bond acceptors (Lipinski definition) is 5. The fourth-order valence-corrected chi connectivity index (χ4v) is 3.99. The van der Waals surface area contributed by atoms with Crippen molar-refractivity contribution < 1.29 is 22.7 Å². The molecule has 0 unspecified atom stereocenters. The van der Waals surface area contributed by atoms with E-state index in [2.05, 4.69) is 5.32 Å². The molecule has 0 radical (unpaired) electrons. The van der Waals surface area contributed by atoms with Gasteiger partial charge < -0.3 is 14.8 Å². The number of rotatable bonds is 9. The molecule has 0 spiro atoms. The van der Waals surface area contributed by atoms with Crippen LogP contribution in [0.2, 0.25) is 0 Å². The van der Waals surface area contributed by atoms with Crippen LogP contribution in [0.5, 0.6) is 11.5 Å². The smallest absolute Gasteiger partial charge is 0.264 e. The molecule has 0 bridgehead atoms. The number of nitrogens with zero attached hydrogens (tertiary/aromatic N) is 1. The minimum Gasteiger partial charge on any atom is -0.497 e. The number of carbonyl (C=O) groups excluding carboxylic acids is 1. The van der Waals surface area contributed by atoms with Crippen molar-refractivity contribution in [3.8, 4) is 11.5 Å². The lowest BCUT2D eigenvalue weighted by molar-refractivity contribution is -0.120. The number of hydrogen-bond donors (Lipinski definition) is 1. The van der Waals surface area contributed by atoms with E-state index in [1.165, 1.54) is 26.4 Å². The first-order valence-corrected chi connectivity index (χ1v) is 10.4. The van der Waals surface area contributed by atoms with Gasteiger partial charge >= 0.3 is 0 Å². The van der Waals surface area contributed by atoms with Gasteiger partial charge in [0.2, 0.25) is 5.91 Å². The summed E-state index contributed by atoms with van der Waals surface area (Å²) < 4.78 is 38.2. The zero-order valence-electron chi connectivity index (χ0n) is 16.5. The minimum atomic E-state index is -4.01. The molecule has 28 heavy (non-hydrogen) atoms. The number of anilines is 1. The van der Waals surface area contributed by atoms with E-state index in [0.29, 0.717) is 17.2 Å². The zero-order chi connectivity index (χ0) is 20.7. The number of amides is 1. The topological polar surface area (TPSA) is 84.9 Å². The molecular weight excluding hydrogens is 380 g/mol. The summed E-state index contributed by atoms with van der Waals surface area (Å²) in [5.74, 6) is 0.505. The third kappa shape index (κ3) is 4.95. The summed E-state index contributed by atoms with van der Waals surface area (Å²) in [4.78, 5) is 12.5. The predicted molar refractivity (Wildman–Crippen MR) is 108 cm³/mol. The van der Waals surface area contributed by atoms with E-state index in [4.69, 9.17) is 9.47 Å². The Morgan fingerprint density at radius 2 is 1.71 bits per heavy atom. The number of nitrogens with one attached hydrogen (secondary N) is 1. The van der Waals surface area contributed by atoms with Crippen molar-refractivity contribution in [1.82, 2.24) is 5.32 Å². The van der Waals surface area contributed by atoms with Gasteiger partial charge in [0.15, 0.2) is 0 Å². The maximum absolute atomic E-state index is 13.3. The van der Waals surface area contributed by atoms with Gasteiger partial charge in [-0.2, -0.15) is 0 Å². The lowest BCUT2D eigenvalue weighted by atomic mass is 10.2. The normalized spacial score (nSPS) is 12.1. The van der Waals surface area contributed by atoms with Crippen molar-refractivity contribution in [1.29, 1.82) is 0 Å². The SMILES string of the molecule is CC[C@@H](C)NC(=O)CN(c1ccccc1OC)S(=O)(=O)c1ccc(OC)cc1. The highest BCUT2D eigenvalue weighted by molar-refractivity contribution is 7.92. The number of benzene rings is 2. The van der Waals surface area contributed by atoms with E-state index in [0.717, 1.165) is 10.7 Å². The van der Waals surface area contributed by atoms with E-state index in [9.17, 15) is 13.2 Å². The monoisotopic (exact) mass is 406 g/mol. The molecule has 1 amide bonds. The van der Waals surface area contributed by atoms with Crippen LogP contribution in [0.4, 0.5) is 5.69 Å². The van der Waals surface area contributed by atoms with Crippen LogP contribution in [0, 0.1) is 0 Å². The summed E-state index contributed by atoms with van der Waals surface area (Å²) in [6.07, 6.45) is 0.742. The molecule has 152 valence electrons. The summed E-state index contributed by atoms with van der Waals surface area (Å²) in [5.41, 5.74) is 0.292. The molecule has 1 atom stereocenters. The Hall–Kier alpha value is -2.74. The third-order valence-corrected chi connectivity index (χ3v) is 6.08. The van der Waals surface area contributed by atoms with E-state index in [1.807, 2.05) is 13.8 Å². The van der Waals surface area contributed by atoms with E-state index >= 15 is 0 Å². The maximum atomic E-state index is 13.3. The number of methoxy groups -OCH3 is 2. The molecule has 1 N–H and O–H groups in total. The Morgan fingerprint density at radius 3 is 2.29 bits per heavy atom. The average Bonchev–Trinajstić information content (AvgIpc) is 2.71. The molecule has 2 aromatic rings. The van der Waals surface area contributed by atoms with Gasteiger partial charge in [-0.05, 0) is 49.7 Å². The van der Waals surface area contributed by atoms with Crippen LogP contribution < -0.4 is 19.1 Å². The van der Waals surface area contributed by atoms with Crippen molar-refractivity contribution in [3.05, 3.63) is 48.5 Å². The molecular formula is C20H26N2O5S. The van der Waals surface area contributed by atoms with Gasteiger partial charge in [-0.1, -0.05) is 19.1 Å². The first-order chi connectivity index (χ1) is 13.3. The second-order valence-corrected chi connectivity index (χ2v) is 8.10. The van der Waals surface area contributed by atoms with Gasteiger partial charge in [0.1, 0.15) is 18.0 Å². The van der Waals surface area contributed by atoms with Crippen LogP contribution in [0.15, 0.2) is 53.4 Å². The molecule has 0 aliphatic heterocycles. The Labute approximate surface area is 166 Å². The van der Waals surface area contributed by atoms with Crippen molar-refractivity contribution in [2.24, 2.45) is 0 Å². The van der Waals surface area contributed by atoms with Crippen molar-refractivity contribution >= 4 is 21.6 Å². The second kappa shape index (κ2) is 9.45. The fraction of sp³-hybridized carbons (Fsp3) is 0.350. The molecule has 0 aromatic heterocycles. The predicted octanol–water partition coefficient (Wildman–Crippen LogP) is 2.81. The Balaban J connectivity index is 2.48. The van der Waals surface area contributed by atoms with Crippen molar-refractivity contribution in [3.63, 3.8) is 0 Å². The van der Waals surface area contributed by atoms with Crippen LogP contribution in [0.3, 0.4) is 0 Å². The van der Waals surface area contributed by atoms with Crippen LogP contribution in [-0.4, -0.2) is 41.1 Å². The molecule has 0 aliphatic carbocycles. The molecule has 8 heteroatoms. The first-order valence-electron chi connectivity index (χ1n) is 8.92. The molecule has 0 aliphatic rings. The molecule has 0 fully saturated rings. The van der Waals surface area contributed by atoms with Gasteiger partial charge in [-0.15, -0.1) is 0 Å². The van der Waals surface area contributed by atoms with Crippen molar-refractivity contribution in [2.75, 3.05) is 25.1 Å². The highest BCUT2D eigenvalue weighted by Crippen LogP contribution is 2.32. The maximum Gasteiger partial charge on any atom is 0.264 e. The van der Waals surface area contributed by atoms with E-state index in [1.54, 1.807) is 36.4 Å². The summed E-state index contributed by atoms with van der Waals surface area (Å²) in [6, 6.07) is 12.6. The molecule has 2 rings (SSSR count). The average molecular weight is 407 g/mol. The van der Waals surface area contributed by atoms with Gasteiger partial charge in [0.05, 0.1) is 24.8 Å². The van der Waals surface area contributed by atoms with Gasteiger partial charge in [-0.25, -0.2) is 8.42 Å². The fourth-order valence-electron chi connectivity index (χ4n) is 2.56. The Morgan fingerprint density at radius 1 is 1.07 bits per heavy atom. The molecule has 7 nitrogen and oxygen atoms in total. The highest BCUT2D eigenvalue weighted by atomic mass is 32.2. The summed E-state index contributed by atoms with van der Waals surface area (Å²) in [7, 11) is -1.05. The van der Waals surface area contributed by atoms with Gasteiger partial charge in [-0.3, -0.25) is 9.10 Å². The van der Waals surface area contributed by atoms with Crippen LogP contribution in [-0.2, 0) is 14.8 Å². The zero-order valence-corrected chi connectivity index (χ0v) is 17.3. The van der Waals surface area contributed by atoms with E-state index in [-0.39, 0.29) is 17.5 Å². The lowest BCUT2D eigenvalue weighted by Crippen LogP contribution is -2.43. The summed E-state index contributed by atoms with van der Waals surface area (Å²) in [5, 5.41) is 2.80. The first kappa shape index (κ1) is 21.6. The third-order valence-electron chi connectivity index (χ3n) is 4.31. The largest absolute Gasteiger partial charge is 0.497 e.